The van der Waals surface area contributed by atoms with Crippen LogP contribution in [0.15, 0.2) is 18.2 Å². The molecule has 15 heavy (non-hydrogen) atoms. The second-order valence-electron chi connectivity index (χ2n) is 3.10. The van der Waals surface area contributed by atoms with Crippen molar-refractivity contribution in [3.05, 3.63) is 33.8 Å². The van der Waals surface area contributed by atoms with E-state index in [9.17, 15) is 13.2 Å². The minimum absolute atomic E-state index is 0.201. The molecule has 84 valence electrons. The Morgan fingerprint density at radius 1 is 1.20 bits per heavy atom. The predicted molar refractivity (Wildman–Crippen MR) is 54.1 cm³/mol. The van der Waals surface area contributed by atoms with Crippen molar-refractivity contribution >= 4 is 23.2 Å². The van der Waals surface area contributed by atoms with Gasteiger partial charge in [0, 0.05) is 6.04 Å². The zero-order chi connectivity index (χ0) is 11.6. The highest BCUT2D eigenvalue weighted by Crippen LogP contribution is 2.30. The Morgan fingerprint density at radius 3 is 2.27 bits per heavy atom. The molecule has 0 bridgehead atoms. The van der Waals surface area contributed by atoms with Crippen LogP contribution >= 0.6 is 23.2 Å². The molecule has 1 nitrogen and oxygen atoms in total. The van der Waals surface area contributed by atoms with Crippen molar-refractivity contribution < 1.29 is 13.2 Å². The van der Waals surface area contributed by atoms with E-state index < -0.39 is 18.6 Å². The van der Waals surface area contributed by atoms with E-state index >= 15 is 0 Å². The van der Waals surface area contributed by atoms with Gasteiger partial charge in [-0.15, -0.1) is 0 Å². The Labute approximate surface area is 95.0 Å². The highest BCUT2D eigenvalue weighted by Gasteiger charge is 2.30. The molecule has 0 saturated carbocycles. The van der Waals surface area contributed by atoms with Gasteiger partial charge in [0.2, 0.25) is 0 Å². The summed E-state index contributed by atoms with van der Waals surface area (Å²) in [4.78, 5) is 0. The lowest BCUT2D eigenvalue weighted by atomic mass is 10.0. The molecular formula is C9H8Cl2F3N. The lowest BCUT2D eigenvalue weighted by Crippen LogP contribution is -2.20. The second kappa shape index (κ2) is 4.60. The van der Waals surface area contributed by atoms with Crippen LogP contribution in [0.5, 0.6) is 0 Å². The minimum atomic E-state index is -4.29. The summed E-state index contributed by atoms with van der Waals surface area (Å²) in [5.74, 6) is 0. The molecule has 1 atom stereocenters. The molecule has 0 spiro atoms. The molecule has 0 aromatic heterocycles. The minimum Gasteiger partial charge on any atom is -0.324 e. The average molecular weight is 258 g/mol. The van der Waals surface area contributed by atoms with Crippen molar-refractivity contribution in [3.8, 4) is 0 Å². The molecule has 6 heteroatoms. The van der Waals surface area contributed by atoms with E-state index in [1.165, 1.54) is 18.2 Å². The van der Waals surface area contributed by atoms with Crippen LogP contribution in [0.4, 0.5) is 13.2 Å². The van der Waals surface area contributed by atoms with Gasteiger partial charge in [0.15, 0.2) is 0 Å². The molecule has 0 saturated heterocycles. The fourth-order valence-electron chi connectivity index (χ4n) is 1.11. The topological polar surface area (TPSA) is 26.0 Å². The summed E-state index contributed by atoms with van der Waals surface area (Å²) in [5.41, 5.74) is 5.70. The standard InChI is InChI=1S/C9H8Cl2F3N/c10-6-2-1-5(3-7(6)11)8(15)4-9(12,13)14/h1-3,8H,4,15H2/t8-/m0/s1. The van der Waals surface area contributed by atoms with E-state index in [0.717, 1.165) is 0 Å². The predicted octanol–water partition coefficient (Wildman–Crippen LogP) is 3.95. The molecule has 2 N–H and O–H groups in total. The lowest BCUT2D eigenvalue weighted by molar-refractivity contribution is -0.138. The van der Waals surface area contributed by atoms with Crippen molar-refractivity contribution in [3.63, 3.8) is 0 Å². The number of halogens is 5. The Balaban J connectivity index is 2.83. The fourth-order valence-corrected chi connectivity index (χ4v) is 1.42. The second-order valence-corrected chi connectivity index (χ2v) is 3.91. The first-order valence-corrected chi connectivity index (χ1v) is 4.82. The molecule has 0 aliphatic carbocycles. The van der Waals surface area contributed by atoms with Gasteiger partial charge in [-0.05, 0) is 17.7 Å². The summed E-state index contributed by atoms with van der Waals surface area (Å²) in [6.07, 6.45) is -5.36. The van der Waals surface area contributed by atoms with Crippen LogP contribution in [0, 0.1) is 0 Å². The van der Waals surface area contributed by atoms with Gasteiger partial charge in [-0.1, -0.05) is 29.3 Å². The fraction of sp³-hybridized carbons (Fsp3) is 0.333. The van der Waals surface area contributed by atoms with Gasteiger partial charge in [0.05, 0.1) is 16.5 Å². The highest BCUT2D eigenvalue weighted by atomic mass is 35.5. The van der Waals surface area contributed by atoms with Gasteiger partial charge < -0.3 is 5.73 Å². The number of rotatable bonds is 2. The normalized spacial score (nSPS) is 14.0. The lowest BCUT2D eigenvalue weighted by Gasteiger charge is -2.14. The van der Waals surface area contributed by atoms with Crippen molar-refractivity contribution in [2.75, 3.05) is 0 Å². The maximum absolute atomic E-state index is 12.0. The third-order valence-electron chi connectivity index (χ3n) is 1.82. The molecule has 1 aromatic carbocycles. The van der Waals surface area contributed by atoms with E-state index in [1.54, 1.807) is 0 Å². The van der Waals surface area contributed by atoms with Gasteiger partial charge in [-0.3, -0.25) is 0 Å². The SMILES string of the molecule is N[C@@H](CC(F)(F)F)c1ccc(Cl)c(Cl)c1. The van der Waals surface area contributed by atoms with Crippen molar-refractivity contribution in [2.24, 2.45) is 5.73 Å². The zero-order valence-corrected chi connectivity index (χ0v) is 9.00. The van der Waals surface area contributed by atoms with Crippen LogP contribution < -0.4 is 5.73 Å². The van der Waals surface area contributed by atoms with Crippen molar-refractivity contribution in [2.45, 2.75) is 18.6 Å². The van der Waals surface area contributed by atoms with Crippen LogP contribution in [-0.4, -0.2) is 6.18 Å². The first-order valence-electron chi connectivity index (χ1n) is 4.07. The molecule has 0 fully saturated rings. The summed E-state index contributed by atoms with van der Waals surface area (Å²) in [5, 5.41) is 0.492. The van der Waals surface area contributed by atoms with Crippen LogP contribution in [0.1, 0.15) is 18.0 Å². The summed E-state index contributed by atoms with van der Waals surface area (Å²) < 4.78 is 36.1. The van der Waals surface area contributed by atoms with E-state index in [4.69, 9.17) is 28.9 Å². The molecule has 0 amide bonds. The van der Waals surface area contributed by atoms with E-state index in [-0.39, 0.29) is 5.02 Å². The largest absolute Gasteiger partial charge is 0.390 e. The van der Waals surface area contributed by atoms with Crippen LogP contribution in [0.25, 0.3) is 0 Å². The summed E-state index contributed by atoms with van der Waals surface area (Å²) in [6.45, 7) is 0. The molecule has 0 aliphatic rings. The molecule has 0 unspecified atom stereocenters. The molecule has 0 heterocycles. The van der Waals surface area contributed by atoms with Gasteiger partial charge >= 0.3 is 6.18 Å². The summed E-state index contributed by atoms with van der Waals surface area (Å²) in [7, 11) is 0. The number of benzene rings is 1. The number of hydrogen-bond acceptors (Lipinski definition) is 1. The number of hydrogen-bond donors (Lipinski definition) is 1. The third kappa shape index (κ3) is 3.89. The summed E-state index contributed by atoms with van der Waals surface area (Å²) in [6, 6.07) is 3.10. The van der Waals surface area contributed by atoms with Crippen LogP contribution in [-0.2, 0) is 0 Å². The number of alkyl halides is 3. The number of nitrogens with two attached hydrogens (primary N) is 1. The highest BCUT2D eigenvalue weighted by molar-refractivity contribution is 6.42. The molecule has 1 rings (SSSR count). The molecule has 1 aromatic rings. The van der Waals surface area contributed by atoms with Gasteiger partial charge in [-0.25, -0.2) is 0 Å². The van der Waals surface area contributed by atoms with Crippen LogP contribution in [0.2, 0.25) is 10.0 Å². The smallest absolute Gasteiger partial charge is 0.324 e. The van der Waals surface area contributed by atoms with Gasteiger partial charge in [-0.2, -0.15) is 13.2 Å². The first-order chi connectivity index (χ1) is 6.79. The Hall–Kier alpha value is -0.450. The zero-order valence-electron chi connectivity index (χ0n) is 7.48. The average Bonchev–Trinajstić information content (AvgIpc) is 2.06. The first kappa shape index (κ1) is 12.6. The Kier molecular flexibility index (Phi) is 3.87. The van der Waals surface area contributed by atoms with Gasteiger partial charge in [0.1, 0.15) is 0 Å². The van der Waals surface area contributed by atoms with Gasteiger partial charge in [0.25, 0.3) is 0 Å². The van der Waals surface area contributed by atoms with E-state index in [1.807, 2.05) is 0 Å². The monoisotopic (exact) mass is 257 g/mol. The van der Waals surface area contributed by atoms with Crippen molar-refractivity contribution in [1.29, 1.82) is 0 Å². The van der Waals surface area contributed by atoms with E-state index in [0.29, 0.717) is 10.6 Å². The van der Waals surface area contributed by atoms with Crippen LogP contribution in [0.3, 0.4) is 0 Å². The maximum atomic E-state index is 12.0. The summed E-state index contributed by atoms with van der Waals surface area (Å²) >= 11 is 11.3. The Bertz CT molecular complexity index is 352. The molecule has 0 radical (unpaired) electrons. The van der Waals surface area contributed by atoms with E-state index in [2.05, 4.69) is 0 Å². The molecular weight excluding hydrogens is 250 g/mol. The third-order valence-corrected chi connectivity index (χ3v) is 2.56. The van der Waals surface area contributed by atoms with Crippen molar-refractivity contribution in [1.82, 2.24) is 0 Å². The molecule has 0 aliphatic heterocycles. The maximum Gasteiger partial charge on any atom is 0.390 e. The quantitative estimate of drug-likeness (QED) is 0.853. The Morgan fingerprint density at radius 2 is 1.80 bits per heavy atom.